The Hall–Kier alpha value is -1.80. The van der Waals surface area contributed by atoms with Crippen molar-refractivity contribution in [3.63, 3.8) is 0 Å². The van der Waals surface area contributed by atoms with Crippen molar-refractivity contribution in [2.45, 2.75) is 45.5 Å². The van der Waals surface area contributed by atoms with Gasteiger partial charge in [0.2, 0.25) is 5.91 Å². The summed E-state index contributed by atoms with van der Waals surface area (Å²) in [4.78, 5) is 16.7. The number of carbonyl (C=O) groups excluding carboxylic acids is 1. The molecule has 5 nitrogen and oxygen atoms in total. The van der Waals surface area contributed by atoms with Crippen molar-refractivity contribution < 1.29 is 18.0 Å². The molecule has 0 bridgehead atoms. The maximum Gasteiger partial charge on any atom is 0.431 e. The van der Waals surface area contributed by atoms with E-state index in [1.807, 2.05) is 12.1 Å². The van der Waals surface area contributed by atoms with Crippen molar-refractivity contribution in [3.8, 4) is 0 Å². The first-order valence-electron chi connectivity index (χ1n) is 9.40. The van der Waals surface area contributed by atoms with Crippen LogP contribution in [0.1, 0.15) is 32.3 Å². The number of hydrogen-bond acceptors (Lipinski definition) is 4. The summed E-state index contributed by atoms with van der Waals surface area (Å²) >= 11 is 6.21. The average molecular weight is 419 g/mol. The van der Waals surface area contributed by atoms with Gasteiger partial charge in [0.05, 0.1) is 0 Å². The molecule has 0 aromatic heterocycles. The summed E-state index contributed by atoms with van der Waals surface area (Å²) in [5.41, 5.74) is 2.16. The number of hydrazone groups is 1. The minimum Gasteiger partial charge on any atom is -0.336 e. The molecule has 0 fully saturated rings. The Balaban J connectivity index is 2.07. The molecular formula is C19H26ClF3N4O. The van der Waals surface area contributed by atoms with Crippen molar-refractivity contribution in [3.05, 3.63) is 34.9 Å². The predicted octanol–water partition coefficient (Wildman–Crippen LogP) is 3.68. The van der Waals surface area contributed by atoms with Crippen LogP contribution in [-0.2, 0) is 11.3 Å². The summed E-state index contributed by atoms with van der Waals surface area (Å²) in [7, 11) is 0. The number of amides is 1. The van der Waals surface area contributed by atoms with E-state index in [1.54, 1.807) is 17.0 Å². The lowest BCUT2D eigenvalue weighted by atomic mass is 10.1. The molecule has 1 aliphatic heterocycles. The zero-order valence-electron chi connectivity index (χ0n) is 16.1. The molecule has 1 atom stereocenters. The highest BCUT2D eigenvalue weighted by Gasteiger charge is 2.42. The third kappa shape index (κ3) is 6.10. The number of carbonyl (C=O) groups is 1. The Kier molecular flexibility index (Phi) is 8.12. The van der Waals surface area contributed by atoms with Crippen LogP contribution in [0.2, 0.25) is 5.02 Å². The summed E-state index contributed by atoms with van der Waals surface area (Å²) < 4.78 is 38.5. The molecule has 1 amide bonds. The maximum atomic E-state index is 12.9. The van der Waals surface area contributed by atoms with Gasteiger partial charge >= 0.3 is 6.18 Å². The van der Waals surface area contributed by atoms with Crippen LogP contribution in [0, 0.1) is 0 Å². The van der Waals surface area contributed by atoms with Gasteiger partial charge in [-0.3, -0.25) is 10.2 Å². The molecule has 1 aliphatic rings. The van der Waals surface area contributed by atoms with Crippen LogP contribution in [0.3, 0.4) is 0 Å². The van der Waals surface area contributed by atoms with E-state index in [0.29, 0.717) is 11.6 Å². The number of nitrogens with zero attached hydrogens (tertiary/aromatic N) is 3. The molecule has 9 heteroatoms. The predicted molar refractivity (Wildman–Crippen MR) is 104 cm³/mol. The van der Waals surface area contributed by atoms with E-state index in [0.717, 1.165) is 31.6 Å². The summed E-state index contributed by atoms with van der Waals surface area (Å²) in [5, 5.41) is 3.84. The third-order valence-electron chi connectivity index (χ3n) is 4.81. The Morgan fingerprint density at radius 2 is 1.93 bits per heavy atom. The van der Waals surface area contributed by atoms with Gasteiger partial charge in [-0.1, -0.05) is 43.6 Å². The fourth-order valence-corrected chi connectivity index (χ4v) is 3.30. The molecule has 0 saturated heterocycles. The van der Waals surface area contributed by atoms with Gasteiger partial charge in [0.1, 0.15) is 11.8 Å². The van der Waals surface area contributed by atoms with Gasteiger partial charge in [-0.15, -0.1) is 0 Å². The fourth-order valence-electron chi connectivity index (χ4n) is 3.11. The summed E-state index contributed by atoms with van der Waals surface area (Å²) in [6, 6.07) is 6.15. The molecule has 0 radical (unpaired) electrons. The van der Waals surface area contributed by atoms with Crippen LogP contribution < -0.4 is 5.43 Å². The van der Waals surface area contributed by atoms with Crippen molar-refractivity contribution in [2.75, 3.05) is 26.2 Å². The minimum atomic E-state index is -4.53. The quantitative estimate of drug-likeness (QED) is 0.665. The van der Waals surface area contributed by atoms with Gasteiger partial charge in [-0.05, 0) is 37.7 Å². The lowest BCUT2D eigenvalue weighted by Gasteiger charge is -2.27. The first-order valence-corrected chi connectivity index (χ1v) is 9.77. The molecule has 0 aliphatic carbocycles. The molecule has 1 aromatic rings. The molecule has 1 N–H and O–H groups in total. The molecule has 1 aromatic carbocycles. The summed E-state index contributed by atoms with van der Waals surface area (Å²) in [5.74, 6) is -0.400. The first-order chi connectivity index (χ1) is 13.3. The fraction of sp³-hybridized carbons (Fsp3) is 0.579. The Morgan fingerprint density at radius 1 is 1.25 bits per heavy atom. The van der Waals surface area contributed by atoms with Gasteiger partial charge in [-0.2, -0.15) is 18.3 Å². The molecule has 156 valence electrons. The Labute approximate surface area is 168 Å². The first kappa shape index (κ1) is 22.5. The third-order valence-corrected chi connectivity index (χ3v) is 5.17. The van der Waals surface area contributed by atoms with Crippen molar-refractivity contribution in [1.29, 1.82) is 0 Å². The van der Waals surface area contributed by atoms with Crippen molar-refractivity contribution in [1.82, 2.24) is 15.2 Å². The van der Waals surface area contributed by atoms with Crippen LogP contribution in [0.5, 0.6) is 0 Å². The lowest BCUT2D eigenvalue weighted by Crippen LogP contribution is -2.44. The van der Waals surface area contributed by atoms with Crippen LogP contribution in [0.4, 0.5) is 13.2 Å². The minimum absolute atomic E-state index is 0.246. The van der Waals surface area contributed by atoms with Gasteiger partial charge in [-0.25, -0.2) is 0 Å². The van der Waals surface area contributed by atoms with Crippen LogP contribution in [-0.4, -0.2) is 59.8 Å². The molecule has 0 saturated carbocycles. The van der Waals surface area contributed by atoms with E-state index >= 15 is 0 Å². The number of benzene rings is 1. The maximum absolute atomic E-state index is 12.9. The van der Waals surface area contributed by atoms with Gasteiger partial charge in [0.25, 0.3) is 0 Å². The van der Waals surface area contributed by atoms with E-state index in [4.69, 9.17) is 11.6 Å². The zero-order valence-corrected chi connectivity index (χ0v) is 16.9. The van der Waals surface area contributed by atoms with Crippen LogP contribution >= 0.6 is 11.6 Å². The lowest BCUT2D eigenvalue weighted by molar-refractivity contribution is -0.133. The normalized spacial score (nSPS) is 16.8. The number of nitrogens with one attached hydrogen (secondary N) is 1. The van der Waals surface area contributed by atoms with E-state index in [-0.39, 0.29) is 6.54 Å². The monoisotopic (exact) mass is 418 g/mol. The average Bonchev–Trinajstić information content (AvgIpc) is 3.16. The number of rotatable bonds is 9. The summed E-state index contributed by atoms with van der Waals surface area (Å²) in [6.07, 6.45) is -4.27. The molecule has 1 heterocycles. The molecule has 0 spiro atoms. The second-order valence-corrected chi connectivity index (χ2v) is 7.08. The van der Waals surface area contributed by atoms with Gasteiger partial charge in [0, 0.05) is 24.5 Å². The SMILES string of the molecule is CCN(CC)CCCN(Cc1ccccc1Cl)C(=O)C1CC(C(F)(F)F)=NN1. The van der Waals surface area contributed by atoms with Gasteiger partial charge in [0.15, 0.2) is 0 Å². The van der Waals surface area contributed by atoms with Crippen molar-refractivity contribution in [2.24, 2.45) is 5.10 Å². The van der Waals surface area contributed by atoms with Crippen LogP contribution in [0.15, 0.2) is 29.4 Å². The summed E-state index contributed by atoms with van der Waals surface area (Å²) in [6.45, 7) is 7.42. The largest absolute Gasteiger partial charge is 0.431 e. The van der Waals surface area contributed by atoms with E-state index < -0.39 is 30.3 Å². The van der Waals surface area contributed by atoms with Gasteiger partial charge < -0.3 is 9.80 Å². The number of alkyl halides is 3. The van der Waals surface area contributed by atoms with E-state index in [1.165, 1.54) is 0 Å². The standard InChI is InChI=1S/C19H26ClF3N4O/c1-3-26(4-2)10-7-11-27(13-14-8-5-6-9-15(14)20)18(28)16-12-17(25-24-16)19(21,22)23/h5-6,8-9,16,24H,3-4,7,10-13H2,1-2H3. The number of halogens is 4. The topological polar surface area (TPSA) is 47.9 Å². The highest BCUT2D eigenvalue weighted by Crippen LogP contribution is 2.24. The zero-order chi connectivity index (χ0) is 20.7. The van der Waals surface area contributed by atoms with E-state index in [9.17, 15) is 18.0 Å². The second-order valence-electron chi connectivity index (χ2n) is 6.67. The Morgan fingerprint density at radius 3 is 2.50 bits per heavy atom. The number of hydrogen-bond donors (Lipinski definition) is 1. The smallest absolute Gasteiger partial charge is 0.336 e. The van der Waals surface area contributed by atoms with Crippen molar-refractivity contribution >= 4 is 23.2 Å². The van der Waals surface area contributed by atoms with Crippen LogP contribution in [0.25, 0.3) is 0 Å². The second kappa shape index (κ2) is 10.1. The van der Waals surface area contributed by atoms with E-state index in [2.05, 4.69) is 29.3 Å². The molecule has 2 rings (SSSR count). The molecule has 28 heavy (non-hydrogen) atoms. The molecule has 1 unspecified atom stereocenters. The molecular weight excluding hydrogens is 393 g/mol. The Bertz CT molecular complexity index is 692. The highest BCUT2D eigenvalue weighted by atomic mass is 35.5. The highest BCUT2D eigenvalue weighted by molar-refractivity contribution is 6.31.